The van der Waals surface area contributed by atoms with E-state index >= 15 is 0 Å². The van der Waals surface area contributed by atoms with E-state index < -0.39 is 0 Å². The molecule has 16 heavy (non-hydrogen) atoms. The molecule has 94 valence electrons. The number of nitrogens with zero attached hydrogens (tertiary/aromatic N) is 1. The molecule has 0 aromatic carbocycles. The first-order valence-corrected chi connectivity index (χ1v) is 6.27. The van der Waals surface area contributed by atoms with E-state index in [2.05, 4.69) is 19.2 Å². The van der Waals surface area contributed by atoms with Gasteiger partial charge in [0, 0.05) is 32.3 Å². The number of likely N-dealkylation sites (tertiary alicyclic amines) is 1. The van der Waals surface area contributed by atoms with Crippen LogP contribution in [0.1, 0.15) is 33.6 Å². The van der Waals surface area contributed by atoms with E-state index in [-0.39, 0.29) is 11.9 Å². The van der Waals surface area contributed by atoms with Crippen molar-refractivity contribution >= 4 is 5.91 Å². The van der Waals surface area contributed by atoms with Crippen molar-refractivity contribution in [3.63, 3.8) is 0 Å². The van der Waals surface area contributed by atoms with Crippen LogP contribution < -0.4 is 5.32 Å². The lowest BCUT2D eigenvalue weighted by Gasteiger charge is -2.18. The Morgan fingerprint density at radius 3 is 2.94 bits per heavy atom. The van der Waals surface area contributed by atoms with Crippen LogP contribution in [0.3, 0.4) is 0 Å². The molecule has 0 aliphatic carbocycles. The second-order valence-electron chi connectivity index (χ2n) is 4.54. The molecule has 1 atom stereocenters. The molecule has 1 aliphatic rings. The van der Waals surface area contributed by atoms with Gasteiger partial charge in [-0.25, -0.2) is 0 Å². The highest BCUT2D eigenvalue weighted by Gasteiger charge is 2.30. The Morgan fingerprint density at radius 1 is 1.56 bits per heavy atom. The minimum absolute atomic E-state index is 0.0343. The summed E-state index contributed by atoms with van der Waals surface area (Å²) in [4.78, 5) is 13.9. The summed E-state index contributed by atoms with van der Waals surface area (Å²) in [5.74, 6) is 0.255. The Kier molecular flexibility index (Phi) is 5.77. The summed E-state index contributed by atoms with van der Waals surface area (Å²) in [6.07, 6.45) is 1.87. The largest absolute Gasteiger partial charge is 0.382 e. The third-order valence-corrected chi connectivity index (χ3v) is 2.75. The topological polar surface area (TPSA) is 41.6 Å². The summed E-state index contributed by atoms with van der Waals surface area (Å²) in [6.45, 7) is 9.36. The molecule has 1 aliphatic heterocycles. The van der Waals surface area contributed by atoms with Gasteiger partial charge in [0.05, 0.1) is 6.04 Å². The van der Waals surface area contributed by atoms with Crippen LogP contribution in [0, 0.1) is 0 Å². The van der Waals surface area contributed by atoms with Crippen molar-refractivity contribution in [2.24, 2.45) is 0 Å². The maximum Gasteiger partial charge on any atom is 0.239 e. The lowest BCUT2D eigenvalue weighted by molar-refractivity contribution is -0.129. The molecule has 1 amide bonds. The van der Waals surface area contributed by atoms with Gasteiger partial charge in [-0.05, 0) is 19.8 Å². The summed E-state index contributed by atoms with van der Waals surface area (Å²) in [7, 11) is 0. The summed E-state index contributed by atoms with van der Waals surface area (Å²) < 4.78 is 5.27. The van der Waals surface area contributed by atoms with E-state index in [1.165, 1.54) is 0 Å². The average Bonchev–Trinajstić information content (AvgIpc) is 2.56. The highest BCUT2D eigenvalue weighted by Crippen LogP contribution is 2.12. The molecule has 1 rings (SSSR count). The maximum absolute atomic E-state index is 11.9. The van der Waals surface area contributed by atoms with E-state index in [4.69, 9.17) is 4.74 Å². The van der Waals surface area contributed by atoms with Gasteiger partial charge in [0.2, 0.25) is 5.91 Å². The fourth-order valence-corrected chi connectivity index (χ4v) is 2.02. The van der Waals surface area contributed by atoms with E-state index in [0.717, 1.165) is 39.1 Å². The SMILES string of the molecule is CCOCCCN1CCC(NC(C)C)C1=O. The smallest absolute Gasteiger partial charge is 0.239 e. The first-order chi connectivity index (χ1) is 7.65. The Balaban J connectivity index is 2.22. The molecule has 0 aromatic heterocycles. The van der Waals surface area contributed by atoms with Crippen LogP contribution in [-0.2, 0) is 9.53 Å². The molecule has 0 aromatic rings. The molecule has 0 spiro atoms. The first-order valence-electron chi connectivity index (χ1n) is 6.27. The minimum atomic E-state index is 0.0343. The van der Waals surface area contributed by atoms with Gasteiger partial charge in [-0.3, -0.25) is 4.79 Å². The molecule has 1 N–H and O–H groups in total. The molecule has 4 nitrogen and oxygen atoms in total. The number of amides is 1. The number of rotatable bonds is 7. The quantitative estimate of drug-likeness (QED) is 0.661. The van der Waals surface area contributed by atoms with Crippen LogP contribution in [0.25, 0.3) is 0 Å². The van der Waals surface area contributed by atoms with Gasteiger partial charge < -0.3 is 15.0 Å². The monoisotopic (exact) mass is 228 g/mol. The maximum atomic E-state index is 11.9. The number of carbonyl (C=O) groups excluding carboxylic acids is 1. The zero-order valence-corrected chi connectivity index (χ0v) is 10.7. The van der Waals surface area contributed by atoms with Gasteiger partial charge in [-0.2, -0.15) is 0 Å². The molecular weight excluding hydrogens is 204 g/mol. The van der Waals surface area contributed by atoms with Crippen molar-refractivity contribution < 1.29 is 9.53 Å². The van der Waals surface area contributed by atoms with Crippen molar-refractivity contribution in [3.8, 4) is 0 Å². The van der Waals surface area contributed by atoms with E-state index in [1.54, 1.807) is 0 Å². The van der Waals surface area contributed by atoms with Crippen LogP contribution in [0.4, 0.5) is 0 Å². The predicted molar refractivity (Wildman–Crippen MR) is 64.4 cm³/mol. The van der Waals surface area contributed by atoms with Crippen molar-refractivity contribution in [2.75, 3.05) is 26.3 Å². The van der Waals surface area contributed by atoms with Crippen LogP contribution in [0.5, 0.6) is 0 Å². The van der Waals surface area contributed by atoms with Gasteiger partial charge in [0.1, 0.15) is 0 Å². The van der Waals surface area contributed by atoms with Crippen LogP contribution in [0.15, 0.2) is 0 Å². The standard InChI is InChI=1S/C12H24N2O2/c1-4-16-9-5-7-14-8-6-11(12(14)15)13-10(2)3/h10-11,13H,4-9H2,1-3H3. The molecule has 0 saturated carbocycles. The van der Waals surface area contributed by atoms with Gasteiger partial charge >= 0.3 is 0 Å². The van der Waals surface area contributed by atoms with Gasteiger partial charge in [-0.15, -0.1) is 0 Å². The molecule has 4 heteroatoms. The van der Waals surface area contributed by atoms with Crippen LogP contribution in [0.2, 0.25) is 0 Å². The second-order valence-corrected chi connectivity index (χ2v) is 4.54. The first kappa shape index (κ1) is 13.5. The minimum Gasteiger partial charge on any atom is -0.382 e. The van der Waals surface area contributed by atoms with E-state index in [9.17, 15) is 4.79 Å². The second kappa shape index (κ2) is 6.86. The highest BCUT2D eigenvalue weighted by atomic mass is 16.5. The zero-order valence-electron chi connectivity index (χ0n) is 10.7. The third-order valence-electron chi connectivity index (χ3n) is 2.75. The average molecular weight is 228 g/mol. The molecule has 0 radical (unpaired) electrons. The Hall–Kier alpha value is -0.610. The zero-order chi connectivity index (χ0) is 12.0. The summed E-state index contributed by atoms with van der Waals surface area (Å²) in [6, 6.07) is 0.407. The number of hydrogen-bond acceptors (Lipinski definition) is 3. The Bertz CT molecular complexity index is 219. The normalized spacial score (nSPS) is 21.1. The molecular formula is C12H24N2O2. The Morgan fingerprint density at radius 2 is 2.31 bits per heavy atom. The Labute approximate surface area is 98.3 Å². The molecule has 1 heterocycles. The van der Waals surface area contributed by atoms with Crippen LogP contribution >= 0.6 is 0 Å². The van der Waals surface area contributed by atoms with Gasteiger partial charge in [0.15, 0.2) is 0 Å². The van der Waals surface area contributed by atoms with Crippen molar-refractivity contribution in [1.29, 1.82) is 0 Å². The van der Waals surface area contributed by atoms with E-state index in [1.807, 2.05) is 11.8 Å². The van der Waals surface area contributed by atoms with Crippen molar-refractivity contribution in [2.45, 2.75) is 45.7 Å². The summed E-state index contributed by atoms with van der Waals surface area (Å²) >= 11 is 0. The van der Waals surface area contributed by atoms with Crippen LogP contribution in [-0.4, -0.2) is 49.2 Å². The number of nitrogens with one attached hydrogen (secondary N) is 1. The summed E-state index contributed by atoms with van der Waals surface area (Å²) in [5, 5.41) is 3.30. The lowest BCUT2D eigenvalue weighted by atomic mass is 10.2. The number of carbonyl (C=O) groups is 1. The fraction of sp³-hybridized carbons (Fsp3) is 0.917. The van der Waals surface area contributed by atoms with Crippen molar-refractivity contribution in [3.05, 3.63) is 0 Å². The molecule has 0 bridgehead atoms. The fourth-order valence-electron chi connectivity index (χ4n) is 2.02. The highest BCUT2D eigenvalue weighted by molar-refractivity contribution is 5.83. The molecule has 1 unspecified atom stereocenters. The predicted octanol–water partition coefficient (Wildman–Crippen LogP) is 1.01. The van der Waals surface area contributed by atoms with Gasteiger partial charge in [-0.1, -0.05) is 13.8 Å². The van der Waals surface area contributed by atoms with E-state index in [0.29, 0.717) is 6.04 Å². The summed E-state index contributed by atoms with van der Waals surface area (Å²) in [5.41, 5.74) is 0. The third kappa shape index (κ3) is 4.10. The van der Waals surface area contributed by atoms with Gasteiger partial charge in [0.25, 0.3) is 0 Å². The number of ether oxygens (including phenoxy) is 1. The molecule has 1 fully saturated rings. The molecule has 1 saturated heterocycles. The number of hydrogen-bond donors (Lipinski definition) is 1. The van der Waals surface area contributed by atoms with Crippen molar-refractivity contribution in [1.82, 2.24) is 10.2 Å². The lowest BCUT2D eigenvalue weighted by Crippen LogP contribution is -2.41.